The van der Waals surface area contributed by atoms with Gasteiger partial charge in [-0.05, 0) is 6.07 Å². The highest BCUT2D eigenvalue weighted by Crippen LogP contribution is 2.23. The Morgan fingerprint density at radius 3 is 2.29 bits per heavy atom. The fourth-order valence-corrected chi connectivity index (χ4v) is 1.88. The molecular weight excluding hydrogens is 268 g/mol. The van der Waals surface area contributed by atoms with E-state index in [9.17, 15) is 9.90 Å². The third-order valence-electron chi connectivity index (χ3n) is 2.83. The lowest BCUT2D eigenvalue weighted by Crippen LogP contribution is -2.05. The van der Waals surface area contributed by atoms with Crippen LogP contribution >= 0.6 is 0 Å². The van der Waals surface area contributed by atoms with Gasteiger partial charge >= 0.3 is 5.97 Å². The third-order valence-corrected chi connectivity index (χ3v) is 2.83. The summed E-state index contributed by atoms with van der Waals surface area (Å²) >= 11 is 0. The maximum absolute atomic E-state index is 11.3. The molecule has 6 nitrogen and oxygen atoms in total. The molecule has 0 amide bonds. The minimum Gasteiger partial charge on any atom is -0.478 e. The fraction of sp³-hybridized carbons (Fsp3) is 0. The molecule has 2 heterocycles. The molecular formula is C15H10N4O2. The number of carbonyl (C=O) groups is 1. The molecule has 21 heavy (non-hydrogen) atoms. The zero-order valence-corrected chi connectivity index (χ0v) is 10.8. The van der Waals surface area contributed by atoms with Crippen molar-refractivity contribution in [2.24, 2.45) is 0 Å². The Balaban J connectivity index is 2.18. The number of hydrogen-bond acceptors (Lipinski definition) is 5. The number of rotatable bonds is 3. The number of nitrogens with zero attached hydrogens (tertiary/aromatic N) is 4. The molecule has 0 saturated carbocycles. The molecule has 0 spiro atoms. The van der Waals surface area contributed by atoms with Gasteiger partial charge in [-0.2, -0.15) is 0 Å². The van der Waals surface area contributed by atoms with Crippen molar-refractivity contribution in [3.63, 3.8) is 0 Å². The maximum Gasteiger partial charge on any atom is 0.339 e. The van der Waals surface area contributed by atoms with Crippen molar-refractivity contribution in [1.82, 2.24) is 19.9 Å². The Morgan fingerprint density at radius 2 is 1.62 bits per heavy atom. The molecule has 3 rings (SSSR count). The monoisotopic (exact) mass is 278 g/mol. The highest BCUT2D eigenvalue weighted by molar-refractivity contribution is 5.94. The molecule has 102 valence electrons. The Morgan fingerprint density at radius 1 is 0.905 bits per heavy atom. The van der Waals surface area contributed by atoms with Crippen molar-refractivity contribution in [2.75, 3.05) is 0 Å². The van der Waals surface area contributed by atoms with Gasteiger partial charge in [0.05, 0.1) is 5.69 Å². The van der Waals surface area contributed by atoms with Gasteiger partial charge < -0.3 is 5.11 Å². The van der Waals surface area contributed by atoms with E-state index in [1.165, 1.54) is 6.20 Å². The molecule has 0 unspecified atom stereocenters. The zero-order valence-electron chi connectivity index (χ0n) is 10.8. The van der Waals surface area contributed by atoms with Gasteiger partial charge in [-0.1, -0.05) is 30.3 Å². The van der Waals surface area contributed by atoms with Crippen LogP contribution in [0.25, 0.3) is 22.9 Å². The van der Waals surface area contributed by atoms with E-state index in [0.29, 0.717) is 22.9 Å². The average molecular weight is 278 g/mol. The lowest BCUT2D eigenvalue weighted by Gasteiger charge is -2.06. The van der Waals surface area contributed by atoms with Gasteiger partial charge in [0.1, 0.15) is 5.56 Å². The normalized spacial score (nSPS) is 10.3. The van der Waals surface area contributed by atoms with Crippen LogP contribution in [0.4, 0.5) is 0 Å². The van der Waals surface area contributed by atoms with Crippen molar-refractivity contribution < 1.29 is 9.90 Å². The maximum atomic E-state index is 11.3. The van der Waals surface area contributed by atoms with Crippen LogP contribution in [-0.4, -0.2) is 31.0 Å². The van der Waals surface area contributed by atoms with Crippen molar-refractivity contribution >= 4 is 5.97 Å². The van der Waals surface area contributed by atoms with Crippen molar-refractivity contribution in [2.45, 2.75) is 0 Å². The lowest BCUT2D eigenvalue weighted by molar-refractivity contribution is 0.0697. The predicted molar refractivity (Wildman–Crippen MR) is 75.5 cm³/mol. The van der Waals surface area contributed by atoms with E-state index in [4.69, 9.17) is 0 Å². The highest BCUT2D eigenvalue weighted by Gasteiger charge is 2.16. The second-order valence-electron chi connectivity index (χ2n) is 4.20. The van der Waals surface area contributed by atoms with Crippen LogP contribution in [0.15, 0.2) is 55.0 Å². The minimum absolute atomic E-state index is 0.0425. The van der Waals surface area contributed by atoms with Crippen molar-refractivity contribution in [3.8, 4) is 22.9 Å². The molecule has 0 saturated heterocycles. The third kappa shape index (κ3) is 2.59. The quantitative estimate of drug-likeness (QED) is 0.790. The predicted octanol–water partition coefficient (Wildman–Crippen LogP) is 2.30. The van der Waals surface area contributed by atoms with E-state index < -0.39 is 5.97 Å². The molecule has 3 aromatic rings. The molecule has 0 bridgehead atoms. The van der Waals surface area contributed by atoms with E-state index >= 15 is 0 Å². The summed E-state index contributed by atoms with van der Waals surface area (Å²) in [7, 11) is 0. The number of aromatic nitrogens is 4. The van der Waals surface area contributed by atoms with Crippen LogP contribution in [-0.2, 0) is 0 Å². The summed E-state index contributed by atoms with van der Waals surface area (Å²) in [6.07, 6.45) is 4.45. The van der Waals surface area contributed by atoms with E-state index in [0.717, 1.165) is 0 Å². The van der Waals surface area contributed by atoms with Gasteiger partial charge in [-0.25, -0.2) is 24.7 Å². The molecule has 0 radical (unpaired) electrons. The summed E-state index contributed by atoms with van der Waals surface area (Å²) in [4.78, 5) is 27.8. The largest absolute Gasteiger partial charge is 0.478 e. The van der Waals surface area contributed by atoms with Gasteiger partial charge in [0.2, 0.25) is 0 Å². The van der Waals surface area contributed by atoms with E-state index in [2.05, 4.69) is 19.9 Å². The first-order valence-corrected chi connectivity index (χ1v) is 6.19. The molecule has 0 atom stereocenters. The van der Waals surface area contributed by atoms with Gasteiger partial charge in [0.25, 0.3) is 0 Å². The van der Waals surface area contributed by atoms with E-state index in [-0.39, 0.29) is 5.56 Å². The van der Waals surface area contributed by atoms with Gasteiger partial charge in [0.15, 0.2) is 11.6 Å². The molecule has 0 aliphatic heterocycles. The van der Waals surface area contributed by atoms with Crippen LogP contribution in [0.2, 0.25) is 0 Å². The Labute approximate surface area is 120 Å². The average Bonchev–Trinajstić information content (AvgIpc) is 2.56. The Bertz CT molecular complexity index is 776. The molecule has 1 aromatic carbocycles. The molecule has 1 N–H and O–H groups in total. The second-order valence-corrected chi connectivity index (χ2v) is 4.20. The molecule has 0 aliphatic carbocycles. The first kappa shape index (κ1) is 12.9. The minimum atomic E-state index is -1.07. The smallest absolute Gasteiger partial charge is 0.339 e. The molecule has 6 heteroatoms. The summed E-state index contributed by atoms with van der Waals surface area (Å²) in [6.45, 7) is 0. The van der Waals surface area contributed by atoms with E-state index in [1.807, 2.05) is 18.2 Å². The Hall–Kier alpha value is -3.15. The summed E-state index contributed by atoms with van der Waals surface area (Å²) in [5, 5.41) is 9.28. The second kappa shape index (κ2) is 5.46. The van der Waals surface area contributed by atoms with Crippen LogP contribution in [0, 0.1) is 0 Å². The summed E-state index contributed by atoms with van der Waals surface area (Å²) in [5.41, 5.74) is 1.09. The number of carboxylic acid groups (broad SMARTS) is 1. The molecule has 0 fully saturated rings. The first-order chi connectivity index (χ1) is 10.3. The van der Waals surface area contributed by atoms with Crippen LogP contribution in [0.1, 0.15) is 10.4 Å². The van der Waals surface area contributed by atoms with Gasteiger partial charge in [-0.15, -0.1) is 0 Å². The summed E-state index contributed by atoms with van der Waals surface area (Å²) < 4.78 is 0. The fourth-order valence-electron chi connectivity index (χ4n) is 1.88. The lowest BCUT2D eigenvalue weighted by atomic mass is 10.1. The van der Waals surface area contributed by atoms with E-state index in [1.54, 1.807) is 30.6 Å². The number of carboxylic acids is 1. The zero-order chi connectivity index (χ0) is 14.7. The summed E-state index contributed by atoms with van der Waals surface area (Å²) in [6, 6.07) is 10.8. The van der Waals surface area contributed by atoms with Crippen LogP contribution < -0.4 is 0 Å². The highest BCUT2D eigenvalue weighted by atomic mass is 16.4. The molecule has 0 aliphatic rings. The standard InChI is InChI=1S/C15H10N4O2/c20-15(21)11-9-18-14(13-16-7-4-8-17-13)19-12(11)10-5-2-1-3-6-10/h1-9H,(H,20,21). The number of aromatic carboxylic acids is 1. The Kier molecular flexibility index (Phi) is 3.34. The summed E-state index contributed by atoms with van der Waals surface area (Å²) in [5.74, 6) is -0.430. The van der Waals surface area contributed by atoms with Crippen molar-refractivity contribution in [1.29, 1.82) is 0 Å². The van der Waals surface area contributed by atoms with Crippen LogP contribution in [0.3, 0.4) is 0 Å². The number of benzene rings is 1. The number of hydrogen-bond donors (Lipinski definition) is 1. The van der Waals surface area contributed by atoms with Crippen LogP contribution in [0.5, 0.6) is 0 Å². The SMILES string of the molecule is O=C(O)c1cnc(-c2ncccn2)nc1-c1ccccc1. The van der Waals surface area contributed by atoms with Crippen molar-refractivity contribution in [3.05, 3.63) is 60.6 Å². The van der Waals surface area contributed by atoms with Gasteiger partial charge in [-0.3, -0.25) is 0 Å². The first-order valence-electron chi connectivity index (χ1n) is 6.19. The molecule has 2 aromatic heterocycles. The van der Waals surface area contributed by atoms with Gasteiger partial charge in [0, 0.05) is 24.2 Å². The topological polar surface area (TPSA) is 88.9 Å².